The van der Waals surface area contributed by atoms with E-state index in [9.17, 15) is 9.18 Å². The Morgan fingerprint density at radius 2 is 2.03 bits per heavy atom. The number of nitrogens with one attached hydrogen (secondary N) is 1. The van der Waals surface area contributed by atoms with Crippen molar-refractivity contribution in [3.05, 3.63) is 35.6 Å². The normalized spacial score (nSPS) is 18.3. The Hall–Kier alpha value is -3.54. The average Bonchev–Trinajstić information content (AvgIpc) is 3.14. The van der Waals surface area contributed by atoms with E-state index in [0.717, 1.165) is 5.01 Å². The van der Waals surface area contributed by atoms with Crippen molar-refractivity contribution < 1.29 is 18.7 Å². The van der Waals surface area contributed by atoms with Gasteiger partial charge in [-0.05, 0) is 45.9 Å². The lowest BCUT2D eigenvalue weighted by Crippen LogP contribution is -2.51. The maximum absolute atomic E-state index is 14.4. The summed E-state index contributed by atoms with van der Waals surface area (Å²) in [6, 6.07) is 4.73. The molecule has 35 heavy (non-hydrogen) atoms. The Balaban J connectivity index is 1.50. The molecule has 10 nitrogen and oxygen atoms in total. The minimum atomic E-state index is -1.19. The maximum Gasteiger partial charge on any atom is 0.410 e. The second kappa shape index (κ2) is 9.98. The van der Waals surface area contributed by atoms with Gasteiger partial charge < -0.3 is 25.4 Å². The van der Waals surface area contributed by atoms with Crippen molar-refractivity contribution in [1.82, 2.24) is 24.8 Å². The molecule has 12 heteroatoms. The van der Waals surface area contributed by atoms with Gasteiger partial charge in [0.2, 0.25) is 11.8 Å². The first-order valence-electron chi connectivity index (χ1n) is 11.1. The molecule has 1 aliphatic rings. The van der Waals surface area contributed by atoms with Gasteiger partial charge in [0.05, 0.1) is 23.4 Å². The number of hydrogen-bond acceptors (Lipinski definition) is 10. The second-order valence-corrected chi connectivity index (χ2v) is 10.4. The molecule has 0 radical (unpaired) electrons. The highest BCUT2D eigenvalue weighted by atomic mass is 32.1. The predicted molar refractivity (Wildman–Crippen MR) is 131 cm³/mol. The van der Waals surface area contributed by atoms with Crippen molar-refractivity contribution in [2.75, 3.05) is 24.1 Å². The number of alkyl halides is 1. The molecule has 0 bridgehead atoms. The second-order valence-electron chi connectivity index (χ2n) is 9.21. The van der Waals surface area contributed by atoms with Gasteiger partial charge in [-0.3, -0.25) is 0 Å². The quantitative estimate of drug-likeness (QED) is 0.521. The van der Waals surface area contributed by atoms with Crippen molar-refractivity contribution in [1.29, 1.82) is 0 Å². The number of aromatic nitrogens is 4. The largest absolute Gasteiger partial charge is 0.444 e. The zero-order chi connectivity index (χ0) is 25.2. The number of ether oxygens (including phenoxy) is 2. The number of aryl methyl sites for hydroxylation is 1. The molecule has 0 spiro atoms. The van der Waals surface area contributed by atoms with Gasteiger partial charge >= 0.3 is 6.09 Å². The number of hydrogen-bond donors (Lipinski definition) is 2. The summed E-state index contributed by atoms with van der Waals surface area (Å²) in [5, 5.41) is 3.96. The zero-order valence-corrected chi connectivity index (χ0v) is 20.8. The highest BCUT2D eigenvalue weighted by Crippen LogP contribution is 2.37. The Morgan fingerprint density at radius 3 is 2.74 bits per heavy atom. The summed E-state index contributed by atoms with van der Waals surface area (Å²) in [7, 11) is 0. The minimum Gasteiger partial charge on any atom is -0.444 e. The monoisotopic (exact) mass is 501 g/mol. The smallest absolute Gasteiger partial charge is 0.410 e. The van der Waals surface area contributed by atoms with Crippen molar-refractivity contribution in [3.63, 3.8) is 0 Å². The predicted octanol–water partition coefficient (Wildman–Crippen LogP) is 4.44. The van der Waals surface area contributed by atoms with E-state index in [0.29, 0.717) is 34.0 Å². The molecule has 1 amide bonds. The number of nitrogens with two attached hydrogens (primary N) is 1. The molecule has 3 N–H and O–H groups in total. The van der Waals surface area contributed by atoms with Crippen molar-refractivity contribution >= 4 is 29.2 Å². The molecular formula is C23H28FN7O3S. The number of nitrogens with zero attached hydrogens (tertiary/aromatic N) is 5. The number of carbonyl (C=O) groups excluding carboxylic acids is 1. The Labute approximate surface area is 206 Å². The molecule has 0 saturated carbocycles. The van der Waals surface area contributed by atoms with E-state index in [1.54, 1.807) is 45.2 Å². The summed E-state index contributed by atoms with van der Waals surface area (Å²) in [6.07, 6.45) is 1.63. The fraction of sp³-hybridized carbons (Fsp3) is 0.435. The Kier molecular flexibility index (Phi) is 7.01. The van der Waals surface area contributed by atoms with Crippen LogP contribution in [0.5, 0.6) is 11.6 Å². The summed E-state index contributed by atoms with van der Waals surface area (Å²) < 4.78 is 25.8. The van der Waals surface area contributed by atoms with Gasteiger partial charge in [-0.2, -0.15) is 0 Å². The van der Waals surface area contributed by atoms with E-state index < -0.39 is 17.9 Å². The van der Waals surface area contributed by atoms with Gasteiger partial charge in [-0.25, -0.2) is 29.1 Å². The number of amides is 1. The molecule has 0 unspecified atom stereocenters. The van der Waals surface area contributed by atoms with E-state index in [2.05, 4.69) is 25.3 Å². The number of anilines is 2. The lowest BCUT2D eigenvalue weighted by molar-refractivity contribution is 0.0124. The lowest BCUT2D eigenvalue weighted by atomic mass is 10.0. The van der Waals surface area contributed by atoms with Crippen LogP contribution >= 0.6 is 11.3 Å². The van der Waals surface area contributed by atoms with E-state index in [1.807, 2.05) is 6.92 Å². The van der Waals surface area contributed by atoms with Crippen LogP contribution in [0.25, 0.3) is 10.6 Å². The zero-order valence-electron chi connectivity index (χ0n) is 20.0. The third-order valence-corrected chi connectivity index (χ3v) is 5.92. The van der Waals surface area contributed by atoms with Crippen LogP contribution in [-0.4, -0.2) is 61.8 Å². The lowest BCUT2D eigenvalue weighted by Gasteiger charge is -2.36. The molecule has 186 valence electrons. The van der Waals surface area contributed by atoms with Crippen LogP contribution < -0.4 is 15.8 Å². The highest BCUT2D eigenvalue weighted by molar-refractivity contribution is 7.15. The van der Waals surface area contributed by atoms with Crippen molar-refractivity contribution in [2.24, 2.45) is 0 Å². The first kappa shape index (κ1) is 24.6. The number of nitrogen functional groups attached to an aromatic ring is 1. The molecule has 4 rings (SSSR count). The summed E-state index contributed by atoms with van der Waals surface area (Å²) >= 11 is 1.43. The number of rotatable bonds is 5. The summed E-state index contributed by atoms with van der Waals surface area (Å²) in [5.74, 6) is 1.59. The van der Waals surface area contributed by atoms with Gasteiger partial charge in [0.25, 0.3) is 0 Å². The van der Waals surface area contributed by atoms with E-state index in [-0.39, 0.29) is 25.6 Å². The maximum atomic E-state index is 14.4. The van der Waals surface area contributed by atoms with Crippen molar-refractivity contribution in [2.45, 2.75) is 51.9 Å². The Morgan fingerprint density at radius 1 is 1.23 bits per heavy atom. The van der Waals surface area contributed by atoms with Gasteiger partial charge in [0.1, 0.15) is 28.2 Å². The molecule has 3 aromatic rings. The molecule has 1 fully saturated rings. The van der Waals surface area contributed by atoms with Gasteiger partial charge in [-0.15, -0.1) is 11.3 Å². The fourth-order valence-corrected chi connectivity index (χ4v) is 4.37. The van der Waals surface area contributed by atoms with E-state index in [4.69, 9.17) is 15.2 Å². The van der Waals surface area contributed by atoms with E-state index >= 15 is 0 Å². The van der Waals surface area contributed by atoms with Crippen LogP contribution in [-0.2, 0) is 4.74 Å². The molecule has 0 aliphatic carbocycles. The SMILES string of the molecule is Cc1nc(Oc2ccc(N)nc2)c(-c2ccnc(N[C@H]3C[C@H](F)CN(C(=O)OC(C)(C)C)C3)n2)s1. The molecule has 1 saturated heterocycles. The summed E-state index contributed by atoms with van der Waals surface area (Å²) in [6.45, 7) is 7.48. The summed E-state index contributed by atoms with van der Waals surface area (Å²) in [4.78, 5) is 31.9. The topological polar surface area (TPSA) is 128 Å². The minimum absolute atomic E-state index is 0.00514. The standard InChI is InChI=1S/C23H28FN7O3S/c1-13-28-20(33-16-5-6-18(25)27-10-16)19(35-13)17-7-8-26-21(30-17)29-15-9-14(24)11-31(12-15)22(32)34-23(2,3)4/h5-8,10,14-15H,9,11-12H2,1-4H3,(H2,25,27)(H,26,29,30)/t14-,15-/m0/s1. The number of likely N-dealkylation sites (tertiary alicyclic amines) is 1. The van der Waals surface area contributed by atoms with Crippen molar-refractivity contribution in [3.8, 4) is 22.2 Å². The van der Waals surface area contributed by atoms with Gasteiger partial charge in [0.15, 0.2) is 0 Å². The average molecular weight is 502 g/mol. The first-order chi connectivity index (χ1) is 16.6. The van der Waals surface area contributed by atoms with Crippen LogP contribution in [0, 0.1) is 6.92 Å². The highest BCUT2D eigenvalue weighted by Gasteiger charge is 2.33. The number of piperidine rings is 1. The molecular weight excluding hydrogens is 473 g/mol. The molecule has 1 aliphatic heterocycles. The number of thiazole rings is 1. The Bertz CT molecular complexity index is 1180. The molecule has 2 atom stereocenters. The van der Waals surface area contributed by atoms with Gasteiger partial charge in [-0.1, -0.05) is 0 Å². The van der Waals surface area contributed by atoms with Crippen LogP contribution in [0.1, 0.15) is 32.2 Å². The molecule has 0 aromatic carbocycles. The van der Waals surface area contributed by atoms with Crippen LogP contribution in [0.2, 0.25) is 0 Å². The van der Waals surface area contributed by atoms with Crippen LogP contribution in [0.3, 0.4) is 0 Å². The number of pyridine rings is 1. The first-order valence-corrected chi connectivity index (χ1v) is 12.0. The molecule has 4 heterocycles. The molecule has 3 aromatic heterocycles. The van der Waals surface area contributed by atoms with Gasteiger partial charge in [0, 0.05) is 25.2 Å². The van der Waals surface area contributed by atoms with Crippen LogP contribution in [0.4, 0.5) is 21.0 Å². The fourth-order valence-electron chi connectivity index (χ4n) is 3.56. The summed E-state index contributed by atoms with van der Waals surface area (Å²) in [5.41, 5.74) is 5.59. The van der Waals surface area contributed by atoms with Crippen LogP contribution in [0.15, 0.2) is 30.6 Å². The number of carbonyl (C=O) groups is 1. The number of halogens is 1. The van der Waals surface area contributed by atoms with E-state index in [1.165, 1.54) is 22.4 Å². The third kappa shape index (κ3) is 6.53. The third-order valence-electron chi connectivity index (χ3n) is 4.95.